The molecule has 3 rings (SSSR count). The van der Waals surface area contributed by atoms with E-state index in [1.165, 1.54) is 50.7 Å². The van der Waals surface area contributed by atoms with Crippen LogP contribution in [0.15, 0.2) is 18.2 Å². The minimum absolute atomic E-state index is 0.231. The van der Waals surface area contributed by atoms with Gasteiger partial charge in [0.1, 0.15) is 5.82 Å². The number of benzene rings is 1. The summed E-state index contributed by atoms with van der Waals surface area (Å²) in [6, 6.07) is 4.36. The Labute approximate surface area is 125 Å². The quantitative estimate of drug-likeness (QED) is 0.833. The molecule has 21 heavy (non-hydrogen) atoms. The summed E-state index contributed by atoms with van der Waals surface area (Å²) in [4.78, 5) is 2.35. The summed E-state index contributed by atoms with van der Waals surface area (Å²) in [5.41, 5.74) is 1.64. The highest BCUT2D eigenvalue weighted by Gasteiger charge is 2.36. The Hall–Kier alpha value is -0.905. The van der Waals surface area contributed by atoms with Gasteiger partial charge in [-0.2, -0.15) is 0 Å². The van der Waals surface area contributed by atoms with Crippen molar-refractivity contribution in [2.45, 2.75) is 45.1 Å². The fourth-order valence-electron chi connectivity index (χ4n) is 3.98. The second kappa shape index (κ2) is 6.07. The number of hydrogen-bond donors (Lipinski definition) is 2. The van der Waals surface area contributed by atoms with Gasteiger partial charge in [0.25, 0.3) is 0 Å². The third-order valence-corrected chi connectivity index (χ3v) is 5.27. The fourth-order valence-corrected chi connectivity index (χ4v) is 3.98. The molecule has 1 aromatic rings. The SMILES string of the molecule is OB(O)c1cc(F)cc(CN2CCC3(CCCC3)CC2)c1. The van der Waals surface area contributed by atoms with Crippen LogP contribution < -0.4 is 5.46 Å². The minimum Gasteiger partial charge on any atom is -0.423 e. The molecule has 3 nitrogen and oxygen atoms in total. The van der Waals surface area contributed by atoms with E-state index in [-0.39, 0.29) is 5.46 Å². The number of piperidine rings is 1. The molecule has 0 radical (unpaired) electrons. The first-order valence-electron chi connectivity index (χ1n) is 7.94. The van der Waals surface area contributed by atoms with E-state index in [1.807, 2.05) is 0 Å². The molecule has 1 aliphatic carbocycles. The lowest BCUT2D eigenvalue weighted by molar-refractivity contribution is 0.103. The average molecular weight is 291 g/mol. The van der Waals surface area contributed by atoms with Gasteiger partial charge in [0.05, 0.1) is 0 Å². The van der Waals surface area contributed by atoms with Crippen molar-refractivity contribution in [2.75, 3.05) is 13.1 Å². The zero-order chi connectivity index (χ0) is 14.9. The van der Waals surface area contributed by atoms with Crippen molar-refractivity contribution < 1.29 is 14.4 Å². The summed E-state index contributed by atoms with van der Waals surface area (Å²) >= 11 is 0. The van der Waals surface area contributed by atoms with Crippen LogP contribution in [0.5, 0.6) is 0 Å². The number of nitrogens with zero attached hydrogens (tertiary/aromatic N) is 1. The first kappa shape index (κ1) is 15.0. The Morgan fingerprint density at radius 3 is 2.33 bits per heavy atom. The monoisotopic (exact) mass is 291 g/mol. The van der Waals surface area contributed by atoms with Crippen molar-refractivity contribution in [2.24, 2.45) is 5.41 Å². The zero-order valence-corrected chi connectivity index (χ0v) is 12.4. The first-order chi connectivity index (χ1) is 10.1. The summed E-state index contributed by atoms with van der Waals surface area (Å²) in [6.07, 6.45) is 8.00. The Morgan fingerprint density at radius 1 is 1.05 bits per heavy atom. The number of rotatable bonds is 3. The van der Waals surface area contributed by atoms with Crippen LogP contribution in [-0.4, -0.2) is 35.2 Å². The predicted octanol–water partition coefficient (Wildman–Crippen LogP) is 1.66. The zero-order valence-electron chi connectivity index (χ0n) is 12.4. The Morgan fingerprint density at radius 2 is 1.71 bits per heavy atom. The molecule has 0 unspecified atom stereocenters. The van der Waals surface area contributed by atoms with Crippen LogP contribution >= 0.6 is 0 Å². The molecule has 0 bridgehead atoms. The van der Waals surface area contributed by atoms with Crippen LogP contribution in [0.25, 0.3) is 0 Å². The lowest BCUT2D eigenvalue weighted by Crippen LogP contribution is -2.38. The van der Waals surface area contributed by atoms with E-state index < -0.39 is 12.9 Å². The molecule has 1 aromatic carbocycles. The minimum atomic E-state index is -1.61. The average Bonchev–Trinajstić information content (AvgIpc) is 2.89. The maximum Gasteiger partial charge on any atom is 0.488 e. The van der Waals surface area contributed by atoms with Crippen molar-refractivity contribution in [1.82, 2.24) is 4.90 Å². The molecule has 1 heterocycles. The van der Waals surface area contributed by atoms with Gasteiger partial charge in [-0.05, 0) is 67.3 Å². The molecule has 114 valence electrons. The van der Waals surface area contributed by atoms with Gasteiger partial charge in [0.2, 0.25) is 0 Å². The van der Waals surface area contributed by atoms with Crippen molar-refractivity contribution in [3.63, 3.8) is 0 Å². The molecule has 0 atom stereocenters. The molecule has 2 fully saturated rings. The van der Waals surface area contributed by atoms with Crippen LogP contribution in [0.3, 0.4) is 0 Å². The van der Waals surface area contributed by atoms with Crippen molar-refractivity contribution in [3.05, 3.63) is 29.6 Å². The van der Waals surface area contributed by atoms with Crippen molar-refractivity contribution in [3.8, 4) is 0 Å². The second-order valence-electron chi connectivity index (χ2n) is 6.75. The molecule has 1 spiro atoms. The topological polar surface area (TPSA) is 43.7 Å². The Balaban J connectivity index is 1.62. The van der Waals surface area contributed by atoms with E-state index in [0.717, 1.165) is 18.7 Å². The van der Waals surface area contributed by atoms with Gasteiger partial charge in [-0.25, -0.2) is 4.39 Å². The van der Waals surface area contributed by atoms with E-state index in [0.29, 0.717) is 12.0 Å². The highest BCUT2D eigenvalue weighted by Crippen LogP contribution is 2.46. The molecule has 0 aromatic heterocycles. The summed E-state index contributed by atoms with van der Waals surface area (Å²) in [7, 11) is -1.61. The van der Waals surface area contributed by atoms with Crippen LogP contribution in [0.1, 0.15) is 44.1 Å². The molecule has 2 aliphatic rings. The summed E-state index contributed by atoms with van der Waals surface area (Å²) in [5.74, 6) is -0.403. The van der Waals surface area contributed by atoms with Crippen LogP contribution in [0, 0.1) is 11.2 Å². The second-order valence-corrected chi connectivity index (χ2v) is 6.75. The van der Waals surface area contributed by atoms with E-state index in [9.17, 15) is 14.4 Å². The third kappa shape index (κ3) is 3.47. The molecular formula is C16H23BFNO2. The summed E-state index contributed by atoms with van der Waals surface area (Å²) in [5, 5.41) is 18.4. The first-order valence-corrected chi connectivity index (χ1v) is 7.94. The predicted molar refractivity (Wildman–Crippen MR) is 81.6 cm³/mol. The van der Waals surface area contributed by atoms with Crippen LogP contribution in [0.4, 0.5) is 4.39 Å². The Kier molecular flexibility index (Phi) is 4.34. The van der Waals surface area contributed by atoms with Gasteiger partial charge in [0, 0.05) is 6.54 Å². The molecular weight excluding hydrogens is 268 g/mol. The van der Waals surface area contributed by atoms with Crippen LogP contribution in [-0.2, 0) is 6.54 Å². The number of halogens is 1. The molecule has 1 saturated heterocycles. The Bertz CT molecular complexity index is 493. The third-order valence-electron chi connectivity index (χ3n) is 5.27. The van der Waals surface area contributed by atoms with Gasteiger partial charge in [-0.3, -0.25) is 4.90 Å². The van der Waals surface area contributed by atoms with Gasteiger partial charge in [-0.1, -0.05) is 18.9 Å². The van der Waals surface area contributed by atoms with Gasteiger partial charge in [0.15, 0.2) is 0 Å². The molecule has 1 saturated carbocycles. The summed E-state index contributed by atoms with van der Waals surface area (Å²) < 4.78 is 13.5. The standard InChI is InChI=1S/C16H23BFNO2/c18-15-10-13(9-14(11-15)17(20)21)12-19-7-5-16(6-8-19)3-1-2-4-16/h9-11,20-21H,1-8,12H2. The molecule has 2 N–H and O–H groups in total. The van der Waals surface area contributed by atoms with Gasteiger partial charge < -0.3 is 10.0 Å². The van der Waals surface area contributed by atoms with Gasteiger partial charge in [-0.15, -0.1) is 0 Å². The van der Waals surface area contributed by atoms with Crippen molar-refractivity contribution in [1.29, 1.82) is 0 Å². The molecule has 0 amide bonds. The summed E-state index contributed by atoms with van der Waals surface area (Å²) in [6.45, 7) is 2.81. The lowest BCUT2D eigenvalue weighted by Gasteiger charge is -2.39. The van der Waals surface area contributed by atoms with Gasteiger partial charge >= 0.3 is 7.12 Å². The van der Waals surface area contributed by atoms with E-state index in [2.05, 4.69) is 4.90 Å². The molecule has 1 aliphatic heterocycles. The number of hydrogen-bond acceptors (Lipinski definition) is 3. The van der Waals surface area contributed by atoms with Crippen molar-refractivity contribution >= 4 is 12.6 Å². The maximum atomic E-state index is 13.5. The largest absolute Gasteiger partial charge is 0.488 e. The smallest absolute Gasteiger partial charge is 0.423 e. The molecule has 5 heteroatoms. The normalized spacial score (nSPS) is 21.9. The van der Waals surface area contributed by atoms with E-state index in [4.69, 9.17) is 0 Å². The fraction of sp³-hybridized carbons (Fsp3) is 0.625. The highest BCUT2D eigenvalue weighted by molar-refractivity contribution is 6.58. The maximum absolute atomic E-state index is 13.5. The van der Waals surface area contributed by atoms with E-state index in [1.54, 1.807) is 6.07 Å². The van der Waals surface area contributed by atoms with Crippen LogP contribution in [0.2, 0.25) is 0 Å². The number of likely N-dealkylation sites (tertiary alicyclic amines) is 1. The van der Waals surface area contributed by atoms with E-state index >= 15 is 0 Å². The highest BCUT2D eigenvalue weighted by atomic mass is 19.1. The lowest BCUT2D eigenvalue weighted by atomic mass is 9.77.